The van der Waals surface area contributed by atoms with Crippen LogP contribution in [0.3, 0.4) is 0 Å². The fraction of sp³-hybridized carbons (Fsp3) is 0.714. The number of nitrogens with one attached hydrogen (secondary N) is 1. The summed E-state index contributed by atoms with van der Waals surface area (Å²) in [6.07, 6.45) is 0.283. The molecule has 1 rings (SSSR count). The second kappa shape index (κ2) is 6.54. The van der Waals surface area contributed by atoms with Crippen LogP contribution in [0.25, 0.3) is 0 Å². The standard InChI is InChI=1S/C14H25N3O2S/c1-9(18)7-14(3,4)8-15-12(19)11-10(2)16-13(20-11)17(5)6/h9,18H,7-8H2,1-6H3,(H,15,19). The Bertz CT molecular complexity index is 467. The topological polar surface area (TPSA) is 65.5 Å². The van der Waals surface area contributed by atoms with E-state index >= 15 is 0 Å². The van der Waals surface area contributed by atoms with E-state index in [9.17, 15) is 9.90 Å². The summed E-state index contributed by atoms with van der Waals surface area (Å²) in [5, 5.41) is 13.2. The molecule has 114 valence electrons. The van der Waals surface area contributed by atoms with Gasteiger partial charge < -0.3 is 15.3 Å². The number of hydrogen-bond donors (Lipinski definition) is 2. The molecule has 0 saturated heterocycles. The molecule has 5 nitrogen and oxygen atoms in total. The molecule has 1 aromatic rings. The smallest absolute Gasteiger partial charge is 0.263 e. The van der Waals surface area contributed by atoms with Gasteiger partial charge in [-0.2, -0.15) is 0 Å². The SMILES string of the molecule is Cc1nc(N(C)C)sc1C(=O)NCC(C)(C)CC(C)O. The lowest BCUT2D eigenvalue weighted by molar-refractivity contribution is 0.0905. The third-order valence-electron chi connectivity index (χ3n) is 2.95. The number of aliphatic hydroxyl groups is 1. The Labute approximate surface area is 125 Å². The minimum atomic E-state index is -0.368. The average molecular weight is 299 g/mol. The second-order valence-corrected chi connectivity index (χ2v) is 7.18. The molecule has 0 aliphatic heterocycles. The molecule has 1 heterocycles. The van der Waals surface area contributed by atoms with E-state index < -0.39 is 0 Å². The predicted molar refractivity (Wildman–Crippen MR) is 83.6 cm³/mol. The van der Waals surface area contributed by atoms with E-state index in [4.69, 9.17) is 0 Å². The van der Waals surface area contributed by atoms with Gasteiger partial charge in [0.05, 0.1) is 11.8 Å². The number of anilines is 1. The van der Waals surface area contributed by atoms with Crippen molar-refractivity contribution in [2.75, 3.05) is 25.5 Å². The van der Waals surface area contributed by atoms with Crippen LogP contribution in [0, 0.1) is 12.3 Å². The number of hydrogen-bond acceptors (Lipinski definition) is 5. The monoisotopic (exact) mass is 299 g/mol. The van der Waals surface area contributed by atoms with Gasteiger partial charge in [0.2, 0.25) is 0 Å². The van der Waals surface area contributed by atoms with Gasteiger partial charge >= 0.3 is 0 Å². The predicted octanol–water partition coefficient (Wildman–Crippen LogP) is 2.04. The maximum absolute atomic E-state index is 12.2. The lowest BCUT2D eigenvalue weighted by Crippen LogP contribution is -2.35. The molecule has 1 atom stereocenters. The van der Waals surface area contributed by atoms with E-state index in [1.165, 1.54) is 11.3 Å². The largest absolute Gasteiger partial charge is 0.393 e. The van der Waals surface area contributed by atoms with Crippen LogP contribution in [0.15, 0.2) is 0 Å². The number of aryl methyl sites for hydroxylation is 1. The first-order valence-electron chi connectivity index (χ1n) is 6.73. The van der Waals surface area contributed by atoms with Gasteiger partial charge in [-0.1, -0.05) is 25.2 Å². The minimum absolute atomic E-state index is 0.0910. The van der Waals surface area contributed by atoms with Gasteiger partial charge in [-0.3, -0.25) is 4.79 Å². The molecule has 0 fully saturated rings. The Kier molecular flexibility index (Phi) is 5.53. The molecule has 20 heavy (non-hydrogen) atoms. The summed E-state index contributed by atoms with van der Waals surface area (Å²) in [5.41, 5.74) is 0.622. The third-order valence-corrected chi connectivity index (χ3v) is 4.27. The Morgan fingerprint density at radius 1 is 1.50 bits per heavy atom. The lowest BCUT2D eigenvalue weighted by Gasteiger charge is -2.26. The number of carbonyl (C=O) groups excluding carboxylic acids is 1. The summed E-state index contributed by atoms with van der Waals surface area (Å²) < 4.78 is 0. The number of aromatic nitrogens is 1. The molecule has 1 aromatic heterocycles. The van der Waals surface area contributed by atoms with Crippen molar-refractivity contribution in [2.24, 2.45) is 5.41 Å². The highest BCUT2D eigenvalue weighted by molar-refractivity contribution is 7.17. The molecule has 0 aliphatic rings. The number of rotatable bonds is 6. The van der Waals surface area contributed by atoms with Crippen LogP contribution in [0.1, 0.15) is 42.6 Å². The highest BCUT2D eigenvalue weighted by Crippen LogP contribution is 2.25. The van der Waals surface area contributed by atoms with Crippen LogP contribution in [0.4, 0.5) is 5.13 Å². The molecule has 0 spiro atoms. The van der Waals surface area contributed by atoms with Gasteiger partial charge in [0.15, 0.2) is 5.13 Å². The molecule has 0 saturated carbocycles. The molecular formula is C14H25N3O2S. The first kappa shape index (κ1) is 16.9. The van der Waals surface area contributed by atoms with Crippen LogP contribution in [-0.2, 0) is 0 Å². The summed E-state index contributed by atoms with van der Waals surface area (Å²) in [6, 6.07) is 0. The zero-order valence-electron chi connectivity index (χ0n) is 13.1. The van der Waals surface area contributed by atoms with Gasteiger partial charge in [0, 0.05) is 20.6 Å². The van der Waals surface area contributed by atoms with Crippen molar-refractivity contribution >= 4 is 22.4 Å². The highest BCUT2D eigenvalue weighted by Gasteiger charge is 2.23. The Hall–Kier alpha value is -1.14. The van der Waals surface area contributed by atoms with Gasteiger partial charge in [0.1, 0.15) is 4.88 Å². The van der Waals surface area contributed by atoms with Crippen molar-refractivity contribution in [3.05, 3.63) is 10.6 Å². The highest BCUT2D eigenvalue weighted by atomic mass is 32.1. The maximum Gasteiger partial charge on any atom is 0.263 e. The molecule has 0 radical (unpaired) electrons. The van der Waals surface area contributed by atoms with E-state index in [1.54, 1.807) is 6.92 Å². The fourth-order valence-corrected chi connectivity index (χ4v) is 2.96. The van der Waals surface area contributed by atoms with Gasteiger partial charge in [-0.05, 0) is 25.7 Å². The number of amides is 1. The fourth-order valence-electron chi connectivity index (χ4n) is 2.06. The van der Waals surface area contributed by atoms with E-state index in [-0.39, 0.29) is 17.4 Å². The Morgan fingerprint density at radius 3 is 2.55 bits per heavy atom. The minimum Gasteiger partial charge on any atom is -0.393 e. The van der Waals surface area contributed by atoms with Crippen molar-refractivity contribution < 1.29 is 9.90 Å². The first-order valence-corrected chi connectivity index (χ1v) is 7.55. The van der Waals surface area contributed by atoms with Crippen molar-refractivity contribution in [2.45, 2.75) is 40.2 Å². The molecular weight excluding hydrogens is 274 g/mol. The first-order chi connectivity index (χ1) is 9.12. The Balaban J connectivity index is 2.68. The summed E-state index contributed by atoms with van der Waals surface area (Å²) in [7, 11) is 3.82. The van der Waals surface area contributed by atoms with Crippen LogP contribution in [0.2, 0.25) is 0 Å². The number of thiazole rings is 1. The molecule has 0 aliphatic carbocycles. The van der Waals surface area contributed by atoms with Crippen molar-refractivity contribution in [3.8, 4) is 0 Å². The summed E-state index contributed by atoms with van der Waals surface area (Å²) in [5.74, 6) is -0.0910. The normalized spacial score (nSPS) is 13.2. The van der Waals surface area contributed by atoms with Crippen molar-refractivity contribution in [3.63, 3.8) is 0 Å². The number of nitrogens with zero attached hydrogens (tertiary/aromatic N) is 2. The van der Waals surface area contributed by atoms with E-state index in [0.717, 1.165) is 10.8 Å². The number of carbonyl (C=O) groups is 1. The number of aliphatic hydroxyl groups excluding tert-OH is 1. The quantitative estimate of drug-likeness (QED) is 0.843. The van der Waals surface area contributed by atoms with E-state index in [1.807, 2.05) is 39.8 Å². The van der Waals surface area contributed by atoms with Crippen LogP contribution in [-0.4, -0.2) is 42.7 Å². The van der Waals surface area contributed by atoms with Gasteiger partial charge in [-0.15, -0.1) is 0 Å². The molecule has 1 unspecified atom stereocenters. The molecule has 1 amide bonds. The molecule has 0 bridgehead atoms. The zero-order valence-corrected chi connectivity index (χ0v) is 14.0. The van der Waals surface area contributed by atoms with Crippen LogP contribution in [0.5, 0.6) is 0 Å². The second-order valence-electron chi connectivity index (χ2n) is 6.21. The third kappa shape index (κ3) is 4.76. The van der Waals surface area contributed by atoms with E-state index in [0.29, 0.717) is 17.8 Å². The van der Waals surface area contributed by atoms with E-state index in [2.05, 4.69) is 10.3 Å². The maximum atomic E-state index is 12.2. The Morgan fingerprint density at radius 2 is 2.10 bits per heavy atom. The average Bonchev–Trinajstić information content (AvgIpc) is 2.67. The molecule has 0 aromatic carbocycles. The van der Waals surface area contributed by atoms with Crippen LogP contribution < -0.4 is 10.2 Å². The van der Waals surface area contributed by atoms with Crippen molar-refractivity contribution in [1.82, 2.24) is 10.3 Å². The lowest BCUT2D eigenvalue weighted by atomic mass is 9.87. The molecule has 6 heteroatoms. The summed E-state index contributed by atoms with van der Waals surface area (Å²) in [6.45, 7) is 8.21. The molecule has 2 N–H and O–H groups in total. The van der Waals surface area contributed by atoms with Crippen LogP contribution >= 0.6 is 11.3 Å². The zero-order chi connectivity index (χ0) is 15.5. The van der Waals surface area contributed by atoms with Crippen molar-refractivity contribution in [1.29, 1.82) is 0 Å². The summed E-state index contributed by atoms with van der Waals surface area (Å²) >= 11 is 1.39. The van der Waals surface area contributed by atoms with Gasteiger partial charge in [0.25, 0.3) is 5.91 Å². The van der Waals surface area contributed by atoms with Gasteiger partial charge in [-0.25, -0.2) is 4.98 Å². The summed E-state index contributed by atoms with van der Waals surface area (Å²) in [4.78, 5) is 19.1.